The van der Waals surface area contributed by atoms with Gasteiger partial charge in [-0.3, -0.25) is 0 Å². The van der Waals surface area contributed by atoms with Crippen LogP contribution in [-0.4, -0.2) is 0 Å². The standard InChI is InChI=1S/C10H12.C9H6F3N/c1-8(2)10-7-5-4-6-9(10)3;1-6-2-3-7(5-13)8(4-6)9(10,11)12/h4-7H,1H2,2-3H3;2-4H,1H3. The summed E-state index contributed by atoms with van der Waals surface area (Å²) >= 11 is 0. The maximum atomic E-state index is 12.3. The van der Waals surface area contributed by atoms with Gasteiger partial charge in [0.2, 0.25) is 0 Å². The molecule has 0 saturated heterocycles. The summed E-state index contributed by atoms with van der Waals surface area (Å²) in [6, 6.07) is 13.4. The molecule has 0 aliphatic heterocycles. The van der Waals surface area contributed by atoms with Crippen molar-refractivity contribution >= 4 is 5.57 Å². The van der Waals surface area contributed by atoms with E-state index < -0.39 is 11.7 Å². The highest BCUT2D eigenvalue weighted by Gasteiger charge is 2.33. The number of hydrogen-bond acceptors (Lipinski definition) is 1. The second-order valence-corrected chi connectivity index (χ2v) is 5.25. The Morgan fingerprint density at radius 1 is 1.09 bits per heavy atom. The first-order valence-corrected chi connectivity index (χ1v) is 6.96. The Kier molecular flexibility index (Phi) is 6.15. The van der Waals surface area contributed by atoms with Crippen molar-refractivity contribution in [1.82, 2.24) is 0 Å². The highest BCUT2D eigenvalue weighted by atomic mass is 19.4. The number of nitriles is 1. The van der Waals surface area contributed by atoms with Crippen LogP contribution in [0.15, 0.2) is 49.0 Å². The van der Waals surface area contributed by atoms with Gasteiger partial charge in [0.05, 0.1) is 17.2 Å². The van der Waals surface area contributed by atoms with Crippen LogP contribution < -0.4 is 0 Å². The summed E-state index contributed by atoms with van der Waals surface area (Å²) in [7, 11) is 0. The molecule has 0 saturated carbocycles. The van der Waals surface area contributed by atoms with Crippen molar-refractivity contribution < 1.29 is 13.2 Å². The van der Waals surface area contributed by atoms with E-state index in [1.807, 2.05) is 19.1 Å². The zero-order chi connectivity index (χ0) is 17.6. The molecule has 0 bridgehead atoms. The Morgan fingerprint density at radius 3 is 2.13 bits per heavy atom. The van der Waals surface area contributed by atoms with Gasteiger partial charge in [0, 0.05) is 0 Å². The van der Waals surface area contributed by atoms with Gasteiger partial charge >= 0.3 is 6.18 Å². The molecular weight excluding hydrogens is 299 g/mol. The Morgan fingerprint density at radius 2 is 1.70 bits per heavy atom. The van der Waals surface area contributed by atoms with Crippen LogP contribution in [0.5, 0.6) is 0 Å². The number of alkyl halides is 3. The Hall–Kier alpha value is -2.54. The predicted molar refractivity (Wildman–Crippen MR) is 86.8 cm³/mol. The van der Waals surface area contributed by atoms with Gasteiger partial charge in [-0.1, -0.05) is 48.0 Å². The lowest BCUT2D eigenvalue weighted by atomic mass is 10.0. The highest BCUT2D eigenvalue weighted by Crippen LogP contribution is 2.32. The molecule has 2 rings (SSSR count). The molecule has 0 atom stereocenters. The van der Waals surface area contributed by atoms with Crippen molar-refractivity contribution in [2.45, 2.75) is 26.9 Å². The number of benzene rings is 2. The zero-order valence-electron chi connectivity index (χ0n) is 13.3. The fourth-order valence-corrected chi connectivity index (χ4v) is 2.04. The summed E-state index contributed by atoms with van der Waals surface area (Å²) in [5.41, 5.74) is 3.00. The lowest BCUT2D eigenvalue weighted by Crippen LogP contribution is -2.07. The van der Waals surface area contributed by atoms with E-state index in [-0.39, 0.29) is 5.56 Å². The first kappa shape index (κ1) is 18.5. The molecule has 0 aromatic heterocycles. The molecule has 1 nitrogen and oxygen atoms in total. The third-order valence-corrected chi connectivity index (χ3v) is 3.21. The normalized spacial score (nSPS) is 10.3. The SMILES string of the molecule is C=C(C)c1ccccc1C.Cc1ccc(C#N)c(C(F)(F)F)c1. The fraction of sp³-hybridized carbons (Fsp3) is 0.211. The van der Waals surface area contributed by atoms with Gasteiger partial charge < -0.3 is 0 Å². The summed E-state index contributed by atoms with van der Waals surface area (Å²) in [4.78, 5) is 0. The van der Waals surface area contributed by atoms with Gasteiger partial charge in [0.25, 0.3) is 0 Å². The van der Waals surface area contributed by atoms with Crippen molar-refractivity contribution in [1.29, 1.82) is 5.26 Å². The summed E-state index contributed by atoms with van der Waals surface area (Å²) in [6.07, 6.45) is -4.45. The maximum absolute atomic E-state index is 12.3. The van der Waals surface area contributed by atoms with Crippen molar-refractivity contribution in [2.24, 2.45) is 0 Å². The minimum Gasteiger partial charge on any atom is -0.192 e. The van der Waals surface area contributed by atoms with Crippen LogP contribution in [-0.2, 0) is 6.18 Å². The molecule has 0 spiro atoms. The lowest BCUT2D eigenvalue weighted by molar-refractivity contribution is -0.137. The monoisotopic (exact) mass is 317 g/mol. The molecule has 0 unspecified atom stereocenters. The quantitative estimate of drug-likeness (QED) is 0.641. The summed E-state index contributed by atoms with van der Waals surface area (Å²) in [5.74, 6) is 0. The van der Waals surface area contributed by atoms with E-state index >= 15 is 0 Å². The smallest absolute Gasteiger partial charge is 0.192 e. The van der Waals surface area contributed by atoms with Crippen molar-refractivity contribution in [3.63, 3.8) is 0 Å². The predicted octanol–water partition coefficient (Wildman–Crippen LogP) is 5.91. The third kappa shape index (κ3) is 5.30. The number of rotatable bonds is 1. The first-order valence-electron chi connectivity index (χ1n) is 6.96. The van der Waals surface area contributed by atoms with Gasteiger partial charge in [-0.05, 0) is 44.0 Å². The van der Waals surface area contributed by atoms with E-state index in [0.717, 1.165) is 11.6 Å². The van der Waals surface area contributed by atoms with Gasteiger partial charge in [-0.15, -0.1) is 0 Å². The molecule has 0 aliphatic carbocycles. The zero-order valence-corrected chi connectivity index (χ0v) is 13.3. The number of aryl methyl sites for hydroxylation is 2. The Labute approximate surface area is 134 Å². The van der Waals surface area contributed by atoms with Crippen molar-refractivity contribution in [3.8, 4) is 6.07 Å². The molecule has 23 heavy (non-hydrogen) atoms. The largest absolute Gasteiger partial charge is 0.417 e. The molecular formula is C19H18F3N. The molecule has 0 aliphatic rings. The van der Waals surface area contributed by atoms with Crippen LogP contribution in [0.4, 0.5) is 13.2 Å². The summed E-state index contributed by atoms with van der Waals surface area (Å²) < 4.78 is 36.8. The van der Waals surface area contributed by atoms with E-state index in [9.17, 15) is 13.2 Å². The number of nitrogens with zero attached hydrogens (tertiary/aromatic N) is 1. The van der Waals surface area contributed by atoms with Gasteiger partial charge in [0.1, 0.15) is 0 Å². The van der Waals surface area contributed by atoms with Crippen LogP contribution in [0.1, 0.15) is 34.7 Å². The second kappa shape index (κ2) is 7.64. The summed E-state index contributed by atoms with van der Waals surface area (Å²) in [6.45, 7) is 9.57. The molecule has 120 valence electrons. The van der Waals surface area contributed by atoms with E-state index in [4.69, 9.17) is 5.26 Å². The average molecular weight is 317 g/mol. The minimum atomic E-state index is -4.45. The second-order valence-electron chi connectivity index (χ2n) is 5.25. The van der Waals surface area contributed by atoms with E-state index in [1.54, 1.807) is 6.92 Å². The maximum Gasteiger partial charge on any atom is 0.417 e. The fourth-order valence-electron chi connectivity index (χ4n) is 2.04. The number of hydrogen-bond donors (Lipinski definition) is 0. The summed E-state index contributed by atoms with van der Waals surface area (Å²) in [5, 5.41) is 8.42. The van der Waals surface area contributed by atoms with Crippen molar-refractivity contribution in [2.75, 3.05) is 0 Å². The molecule has 0 radical (unpaired) electrons. The van der Waals surface area contributed by atoms with Gasteiger partial charge in [-0.25, -0.2) is 0 Å². The van der Waals surface area contributed by atoms with E-state index in [1.165, 1.54) is 29.3 Å². The van der Waals surface area contributed by atoms with Crippen LogP contribution >= 0.6 is 0 Å². The van der Waals surface area contributed by atoms with Crippen molar-refractivity contribution in [3.05, 3.63) is 76.9 Å². The lowest BCUT2D eigenvalue weighted by Gasteiger charge is -2.08. The third-order valence-electron chi connectivity index (χ3n) is 3.21. The van der Waals surface area contributed by atoms with Gasteiger partial charge in [0.15, 0.2) is 0 Å². The van der Waals surface area contributed by atoms with Gasteiger partial charge in [-0.2, -0.15) is 18.4 Å². The van der Waals surface area contributed by atoms with E-state index in [2.05, 4.69) is 25.6 Å². The molecule has 0 fully saturated rings. The molecule has 0 N–H and O–H groups in total. The molecule has 2 aromatic rings. The number of halogens is 3. The topological polar surface area (TPSA) is 23.8 Å². The highest BCUT2D eigenvalue weighted by molar-refractivity contribution is 5.63. The van der Waals surface area contributed by atoms with E-state index in [0.29, 0.717) is 5.56 Å². The van der Waals surface area contributed by atoms with Crippen LogP contribution in [0.25, 0.3) is 5.57 Å². The van der Waals surface area contributed by atoms with Crippen LogP contribution in [0.2, 0.25) is 0 Å². The average Bonchev–Trinajstić information content (AvgIpc) is 2.47. The molecule has 4 heteroatoms. The number of allylic oxidation sites excluding steroid dienone is 1. The molecule has 0 amide bonds. The minimum absolute atomic E-state index is 0.335. The van der Waals surface area contributed by atoms with Crippen LogP contribution in [0.3, 0.4) is 0 Å². The Bertz CT molecular complexity index is 737. The van der Waals surface area contributed by atoms with Crippen LogP contribution in [0, 0.1) is 25.2 Å². The first-order chi connectivity index (χ1) is 10.7. The molecule has 0 heterocycles. The Balaban J connectivity index is 0.000000238. The molecule has 2 aromatic carbocycles.